The van der Waals surface area contributed by atoms with E-state index in [2.05, 4.69) is 92.8 Å². The highest BCUT2D eigenvalue weighted by Gasteiger charge is 2.28. The summed E-state index contributed by atoms with van der Waals surface area (Å²) >= 11 is 0. The van der Waals surface area contributed by atoms with Gasteiger partial charge in [0.15, 0.2) is 23.9 Å². The largest absolute Gasteiger partial charge is 0.508 e. The third-order valence-electron chi connectivity index (χ3n) is 10.5. The molecule has 3 amide bonds. The number of phenols is 1. The van der Waals surface area contributed by atoms with E-state index in [0.29, 0.717) is 26.2 Å². The number of pyridine rings is 1. The molecule has 0 aliphatic heterocycles. The Hall–Kier alpha value is -7.09. The monoisotopic (exact) mass is 880 g/mol. The molecule has 0 fully saturated rings. The van der Waals surface area contributed by atoms with Gasteiger partial charge < -0.3 is 35.8 Å². The summed E-state index contributed by atoms with van der Waals surface area (Å²) in [6, 6.07) is 37.1. The van der Waals surface area contributed by atoms with Crippen molar-refractivity contribution < 1.29 is 33.5 Å². The van der Waals surface area contributed by atoms with Crippen LogP contribution in [0.2, 0.25) is 0 Å². The number of aliphatic imine (C=N–C) groups is 1. The maximum Gasteiger partial charge on any atom is 0.252 e. The second kappa shape index (κ2) is 25.9. The summed E-state index contributed by atoms with van der Waals surface area (Å²) in [6.07, 6.45) is 8.91. The summed E-state index contributed by atoms with van der Waals surface area (Å²) in [4.78, 5) is 46.3. The van der Waals surface area contributed by atoms with Gasteiger partial charge in [-0.2, -0.15) is 4.57 Å². The third-order valence-corrected chi connectivity index (χ3v) is 10.5. The summed E-state index contributed by atoms with van der Waals surface area (Å²) < 4.78 is 13.5. The number of anilines is 1. The highest BCUT2D eigenvalue weighted by molar-refractivity contribution is 5.96. The van der Waals surface area contributed by atoms with Gasteiger partial charge in [0.05, 0.1) is 19.1 Å². The van der Waals surface area contributed by atoms with Crippen molar-refractivity contribution in [3.63, 3.8) is 0 Å². The Morgan fingerprint density at radius 1 is 0.769 bits per heavy atom. The van der Waals surface area contributed by atoms with Crippen molar-refractivity contribution in [2.75, 3.05) is 52.0 Å². The number of allylic oxidation sites excluding steroid dienone is 2. The number of carbonyl (C=O) groups excluding carboxylic acids is 3. The molecule has 0 aliphatic rings. The fourth-order valence-corrected chi connectivity index (χ4v) is 7.11. The fourth-order valence-electron chi connectivity index (χ4n) is 7.11. The molecule has 1 aromatic heterocycles. The molecule has 0 aliphatic carbocycles. The number of aromatic nitrogens is 1. The molecule has 1 atom stereocenters. The van der Waals surface area contributed by atoms with E-state index < -0.39 is 17.9 Å². The number of nitrogens with one attached hydrogen (secondary N) is 3. The lowest BCUT2D eigenvalue weighted by molar-refractivity contribution is -0.710. The van der Waals surface area contributed by atoms with Crippen LogP contribution in [0.4, 0.5) is 5.69 Å². The van der Waals surface area contributed by atoms with Crippen molar-refractivity contribution in [2.45, 2.75) is 51.7 Å². The number of aryl methyl sites for hydroxylation is 2. The summed E-state index contributed by atoms with van der Waals surface area (Å²) in [5.74, 6) is -1.74. The summed E-state index contributed by atoms with van der Waals surface area (Å²) in [6.45, 7) is 6.04. The molecule has 5 aromatic rings. The van der Waals surface area contributed by atoms with Crippen LogP contribution in [0.1, 0.15) is 58.0 Å². The standard InChI is InChI=1S/C52H61N7O6/c1-38-34-42(15-12-11-14-40-21-25-45(26-22-40)58(3)4)35-39(2)59(38)30-31-64-32-33-65-37-48(61)57-52(53)54-29-13-20-47(50(62)55-36-41-23-27-46(60)28-24-41)56-51(63)49(43-16-7-5-8-17-43)44-18-9-6-10-19-44/h5-12,14-19,21-28,34-35,47,49H,13,20,29-33,36-37H2,1-4H3,(H5-,53,54,55,56,57,60,61,62,63)/p+1/t47-/m1/s1. The summed E-state index contributed by atoms with van der Waals surface area (Å²) in [5, 5.41) is 18.1. The van der Waals surface area contributed by atoms with E-state index in [1.165, 1.54) is 5.69 Å². The van der Waals surface area contributed by atoms with Crippen molar-refractivity contribution in [3.05, 3.63) is 173 Å². The van der Waals surface area contributed by atoms with Gasteiger partial charge in [0, 0.05) is 58.9 Å². The van der Waals surface area contributed by atoms with E-state index >= 15 is 0 Å². The smallest absolute Gasteiger partial charge is 0.252 e. The van der Waals surface area contributed by atoms with E-state index in [0.717, 1.165) is 39.2 Å². The highest BCUT2D eigenvalue weighted by Crippen LogP contribution is 2.25. The van der Waals surface area contributed by atoms with Crippen LogP contribution in [0.3, 0.4) is 0 Å². The quantitative estimate of drug-likeness (QED) is 0.0176. The Kier molecular flexibility index (Phi) is 19.5. The molecule has 13 nitrogen and oxygen atoms in total. The number of hydrogen-bond donors (Lipinski definition) is 5. The lowest BCUT2D eigenvalue weighted by Crippen LogP contribution is -2.48. The first kappa shape index (κ1) is 48.9. The number of nitrogens with zero attached hydrogens (tertiary/aromatic N) is 3. The van der Waals surface area contributed by atoms with Gasteiger partial charge in [-0.1, -0.05) is 109 Å². The number of hydrogen-bond acceptors (Lipinski definition) is 8. The van der Waals surface area contributed by atoms with Crippen molar-refractivity contribution in [1.29, 1.82) is 0 Å². The van der Waals surface area contributed by atoms with Crippen LogP contribution in [0.15, 0.2) is 138 Å². The lowest BCUT2D eigenvalue weighted by Gasteiger charge is -2.23. The van der Waals surface area contributed by atoms with Crippen LogP contribution in [0, 0.1) is 13.8 Å². The third kappa shape index (κ3) is 16.5. The molecule has 4 aromatic carbocycles. The van der Waals surface area contributed by atoms with Crippen molar-refractivity contribution in [3.8, 4) is 5.75 Å². The summed E-state index contributed by atoms with van der Waals surface area (Å²) in [7, 11) is 4.06. The van der Waals surface area contributed by atoms with Crippen molar-refractivity contribution in [2.24, 2.45) is 10.7 Å². The number of amides is 3. The number of nitrogens with two attached hydrogens (primary N) is 1. The van der Waals surface area contributed by atoms with Gasteiger partial charge in [-0.15, -0.1) is 0 Å². The molecule has 0 bridgehead atoms. The first-order chi connectivity index (χ1) is 31.5. The normalized spacial score (nSPS) is 12.1. The number of benzene rings is 4. The number of carbonyl (C=O) groups is 3. The molecule has 340 valence electrons. The molecule has 0 unspecified atom stereocenters. The Balaban J connectivity index is 1.02. The molecule has 0 spiro atoms. The van der Waals surface area contributed by atoms with E-state index in [9.17, 15) is 19.5 Å². The number of phenolic OH excluding ortho intramolecular Hbond substituents is 1. The van der Waals surface area contributed by atoms with Gasteiger partial charge in [-0.3, -0.25) is 24.7 Å². The zero-order chi connectivity index (χ0) is 46.4. The first-order valence-electron chi connectivity index (χ1n) is 21.8. The van der Waals surface area contributed by atoms with Crippen molar-refractivity contribution in [1.82, 2.24) is 16.0 Å². The molecule has 1 heterocycles. The number of ether oxygens (including phenoxy) is 2. The molecule has 0 saturated heterocycles. The van der Waals surface area contributed by atoms with Crippen LogP contribution in [-0.2, 0) is 36.9 Å². The number of rotatable bonds is 23. The van der Waals surface area contributed by atoms with Gasteiger partial charge in [0.1, 0.15) is 25.0 Å². The minimum Gasteiger partial charge on any atom is -0.508 e. The number of aromatic hydroxyl groups is 1. The van der Waals surface area contributed by atoms with E-state index in [1.54, 1.807) is 24.3 Å². The first-order valence-corrected chi connectivity index (χ1v) is 21.8. The Bertz CT molecular complexity index is 2300. The molecular weight excluding hydrogens is 819 g/mol. The Morgan fingerprint density at radius 3 is 1.98 bits per heavy atom. The predicted molar refractivity (Wildman–Crippen MR) is 257 cm³/mol. The average Bonchev–Trinajstić information content (AvgIpc) is 3.30. The second-order valence-electron chi connectivity index (χ2n) is 15.7. The zero-order valence-corrected chi connectivity index (χ0v) is 37.8. The lowest BCUT2D eigenvalue weighted by atomic mass is 9.90. The SMILES string of the molecule is Cc1cc(/C=C/C=C/c2ccc(N(C)C)cc2)cc(C)[n+]1CCOCCOCC(=O)NC(N)=NCCC[C@@H](NC(=O)C(c1ccccc1)c1ccccc1)C(=O)NCc1ccc(O)cc1. The number of guanidine groups is 1. The van der Waals surface area contributed by atoms with Gasteiger partial charge in [0.2, 0.25) is 11.8 Å². The maximum absolute atomic E-state index is 13.9. The molecule has 65 heavy (non-hydrogen) atoms. The average molecular weight is 881 g/mol. The molecule has 5 rings (SSSR count). The van der Waals surface area contributed by atoms with E-state index in [4.69, 9.17) is 15.2 Å². The van der Waals surface area contributed by atoms with Gasteiger partial charge in [-0.25, -0.2) is 0 Å². The maximum atomic E-state index is 13.9. The van der Waals surface area contributed by atoms with Crippen LogP contribution >= 0.6 is 0 Å². The minimum atomic E-state index is -0.887. The molecule has 0 radical (unpaired) electrons. The Morgan fingerprint density at radius 2 is 1.37 bits per heavy atom. The minimum absolute atomic E-state index is 0.0767. The van der Waals surface area contributed by atoms with E-state index in [-0.39, 0.29) is 56.2 Å². The Labute approximate surface area is 382 Å². The van der Waals surface area contributed by atoms with Gasteiger partial charge >= 0.3 is 0 Å². The van der Waals surface area contributed by atoms with E-state index in [1.807, 2.05) is 86.9 Å². The predicted octanol–water partition coefficient (Wildman–Crippen LogP) is 5.97. The van der Waals surface area contributed by atoms with Crippen LogP contribution < -0.4 is 31.2 Å². The van der Waals surface area contributed by atoms with Crippen molar-refractivity contribution >= 4 is 41.5 Å². The molecule has 6 N–H and O–H groups in total. The zero-order valence-electron chi connectivity index (χ0n) is 37.8. The topological polar surface area (TPSA) is 171 Å². The van der Waals surface area contributed by atoms with Crippen LogP contribution in [-0.4, -0.2) is 81.9 Å². The molecule has 13 heteroatoms. The summed E-state index contributed by atoms with van der Waals surface area (Å²) in [5.41, 5.74) is 14.1. The van der Waals surface area contributed by atoms with Crippen LogP contribution in [0.25, 0.3) is 12.2 Å². The van der Waals surface area contributed by atoms with Gasteiger partial charge in [0.25, 0.3) is 5.91 Å². The second-order valence-corrected chi connectivity index (χ2v) is 15.7. The molecule has 0 saturated carbocycles. The molecular formula is C52H62N7O6+. The highest BCUT2D eigenvalue weighted by atomic mass is 16.5. The van der Waals surface area contributed by atoms with Gasteiger partial charge in [-0.05, 0) is 64.9 Å². The fraction of sp³-hybridized carbons (Fsp3) is 0.288. The van der Waals surface area contributed by atoms with Crippen LogP contribution in [0.5, 0.6) is 5.75 Å².